The van der Waals surface area contributed by atoms with Gasteiger partial charge in [0.25, 0.3) is 20.2 Å². The molecular weight excluding hydrogens is 621 g/mol. The zero-order valence-electron chi connectivity index (χ0n) is 25.1. The van der Waals surface area contributed by atoms with Crippen molar-refractivity contribution >= 4 is 20.2 Å². The SMILES string of the molecule is Cc1ccc(S(=O)(=O)O)c(-c2ccccc2)c1-c1ccccc1.Cc1ccc(S(=O)(=O)O)cc1.c1ccc(-c2ccccn2)nc1. The van der Waals surface area contributed by atoms with Crippen molar-refractivity contribution in [3.8, 4) is 33.6 Å². The summed E-state index contributed by atoms with van der Waals surface area (Å²) < 4.78 is 63.0. The first-order valence-corrected chi connectivity index (χ1v) is 16.9. The molecule has 2 aromatic heterocycles. The molecule has 0 unspecified atom stereocenters. The fourth-order valence-corrected chi connectivity index (χ4v) is 5.71. The largest absolute Gasteiger partial charge is 0.295 e. The third kappa shape index (κ3) is 9.26. The molecule has 0 spiro atoms. The number of rotatable bonds is 5. The van der Waals surface area contributed by atoms with Gasteiger partial charge in [-0.05, 0) is 78.6 Å². The van der Waals surface area contributed by atoms with E-state index in [4.69, 9.17) is 4.55 Å². The third-order valence-electron chi connectivity index (χ3n) is 6.69. The predicted molar refractivity (Wildman–Crippen MR) is 180 cm³/mol. The van der Waals surface area contributed by atoms with Crippen LogP contribution in [-0.4, -0.2) is 35.9 Å². The number of hydrogen-bond donors (Lipinski definition) is 2. The Morgan fingerprint density at radius 3 is 1.35 bits per heavy atom. The number of nitrogens with zero attached hydrogens (tertiary/aromatic N) is 2. The Balaban J connectivity index is 0.000000175. The lowest BCUT2D eigenvalue weighted by atomic mass is 9.91. The van der Waals surface area contributed by atoms with Crippen LogP contribution < -0.4 is 0 Å². The summed E-state index contributed by atoms with van der Waals surface area (Å²) in [5, 5.41) is 0. The lowest BCUT2D eigenvalue weighted by molar-refractivity contribution is 0.481. The molecular formula is C36H32N2O6S2. The van der Waals surface area contributed by atoms with Crippen molar-refractivity contribution in [2.45, 2.75) is 23.6 Å². The maximum atomic E-state index is 11.9. The molecule has 6 aromatic rings. The van der Waals surface area contributed by atoms with Gasteiger partial charge in [-0.25, -0.2) is 0 Å². The van der Waals surface area contributed by atoms with Crippen LogP contribution in [0.15, 0.2) is 156 Å². The lowest BCUT2D eigenvalue weighted by Crippen LogP contribution is -2.03. The highest BCUT2D eigenvalue weighted by Crippen LogP contribution is 2.39. The quantitative estimate of drug-likeness (QED) is 0.179. The van der Waals surface area contributed by atoms with Crippen LogP contribution in [0.4, 0.5) is 0 Å². The summed E-state index contributed by atoms with van der Waals surface area (Å²) in [6.07, 6.45) is 3.54. The first-order valence-electron chi connectivity index (χ1n) is 14.0. The molecule has 10 heteroatoms. The minimum Gasteiger partial charge on any atom is -0.282 e. The van der Waals surface area contributed by atoms with E-state index >= 15 is 0 Å². The van der Waals surface area contributed by atoms with E-state index in [1.54, 1.807) is 30.6 Å². The standard InChI is InChI=1S/C19H16O3S.C10H8N2.C7H8O3S/c1-14-12-13-17(23(20,21)22)19(16-10-6-3-7-11-16)18(14)15-8-4-2-5-9-15;1-3-7-11-9(5-1)10-6-2-4-8-12-10;1-6-2-4-7(5-3-6)11(8,9)10/h2-13H,1H3,(H,20,21,22);1-8H;2-5H,1H3,(H,8,9,10). The van der Waals surface area contributed by atoms with Crippen molar-refractivity contribution in [1.82, 2.24) is 9.97 Å². The van der Waals surface area contributed by atoms with Crippen LogP contribution in [-0.2, 0) is 20.2 Å². The van der Waals surface area contributed by atoms with Gasteiger partial charge in [-0.1, -0.05) is 96.6 Å². The minimum atomic E-state index is -4.33. The summed E-state index contributed by atoms with van der Waals surface area (Å²) in [7, 11) is -8.35. The molecule has 8 nitrogen and oxygen atoms in total. The fourth-order valence-electron chi connectivity index (χ4n) is 4.51. The van der Waals surface area contributed by atoms with Gasteiger partial charge in [0.1, 0.15) is 4.90 Å². The second kappa shape index (κ2) is 15.3. The molecule has 0 radical (unpaired) electrons. The van der Waals surface area contributed by atoms with Crippen LogP contribution in [0.25, 0.3) is 33.6 Å². The second-order valence-corrected chi connectivity index (χ2v) is 12.9. The molecule has 6 rings (SSSR count). The normalized spacial score (nSPS) is 11.0. The molecule has 4 aromatic carbocycles. The average Bonchev–Trinajstić information content (AvgIpc) is 3.06. The predicted octanol–water partition coefficient (Wildman–Crippen LogP) is 7.96. The van der Waals surface area contributed by atoms with Gasteiger partial charge in [0.15, 0.2) is 0 Å². The van der Waals surface area contributed by atoms with Crippen molar-refractivity contribution < 1.29 is 25.9 Å². The second-order valence-electron chi connectivity index (χ2n) is 10.1. The number of pyridine rings is 2. The van der Waals surface area contributed by atoms with E-state index < -0.39 is 20.2 Å². The summed E-state index contributed by atoms with van der Waals surface area (Å²) in [5.74, 6) is 0. The van der Waals surface area contributed by atoms with Gasteiger partial charge in [0, 0.05) is 18.0 Å². The van der Waals surface area contributed by atoms with Crippen LogP contribution in [0, 0.1) is 13.8 Å². The van der Waals surface area contributed by atoms with Crippen molar-refractivity contribution in [1.29, 1.82) is 0 Å². The Hall–Kier alpha value is -5.00. The highest BCUT2D eigenvalue weighted by atomic mass is 32.2. The van der Waals surface area contributed by atoms with E-state index in [0.717, 1.165) is 39.2 Å². The van der Waals surface area contributed by atoms with Gasteiger partial charge in [-0.3, -0.25) is 19.1 Å². The van der Waals surface area contributed by atoms with Crippen molar-refractivity contribution in [2.24, 2.45) is 0 Å². The van der Waals surface area contributed by atoms with Crippen molar-refractivity contribution in [3.05, 3.63) is 157 Å². The van der Waals surface area contributed by atoms with Gasteiger partial charge in [0.2, 0.25) is 0 Å². The number of aryl methyl sites for hydroxylation is 2. The molecule has 0 saturated heterocycles. The molecule has 2 heterocycles. The highest BCUT2D eigenvalue weighted by Gasteiger charge is 2.22. The van der Waals surface area contributed by atoms with Gasteiger partial charge in [0.05, 0.1) is 16.3 Å². The smallest absolute Gasteiger partial charge is 0.282 e. The first kappa shape index (κ1) is 33.9. The molecule has 0 atom stereocenters. The van der Waals surface area contributed by atoms with E-state index in [0.29, 0.717) is 5.56 Å². The monoisotopic (exact) mass is 652 g/mol. The zero-order chi connectivity index (χ0) is 33.2. The van der Waals surface area contributed by atoms with Crippen LogP contribution >= 0.6 is 0 Å². The Morgan fingerprint density at radius 1 is 0.478 bits per heavy atom. The van der Waals surface area contributed by atoms with Gasteiger partial charge in [-0.2, -0.15) is 16.8 Å². The Kier molecular flexibility index (Phi) is 11.3. The molecule has 0 aliphatic heterocycles. The summed E-state index contributed by atoms with van der Waals surface area (Å²) in [5.41, 5.74) is 6.74. The topological polar surface area (TPSA) is 135 Å². The van der Waals surface area contributed by atoms with Gasteiger partial charge < -0.3 is 0 Å². The van der Waals surface area contributed by atoms with E-state index in [1.165, 1.54) is 18.2 Å². The molecule has 46 heavy (non-hydrogen) atoms. The van der Waals surface area contributed by atoms with Gasteiger partial charge >= 0.3 is 0 Å². The number of hydrogen-bond acceptors (Lipinski definition) is 6. The number of aromatic nitrogens is 2. The van der Waals surface area contributed by atoms with E-state index in [9.17, 15) is 21.4 Å². The Morgan fingerprint density at radius 2 is 0.935 bits per heavy atom. The fraction of sp³-hybridized carbons (Fsp3) is 0.0556. The molecule has 0 aliphatic carbocycles. The summed E-state index contributed by atoms with van der Waals surface area (Å²) >= 11 is 0. The Bertz CT molecular complexity index is 2040. The summed E-state index contributed by atoms with van der Waals surface area (Å²) in [6, 6.07) is 39.6. The minimum absolute atomic E-state index is 0.0666. The number of benzene rings is 4. The molecule has 234 valence electrons. The molecule has 2 N–H and O–H groups in total. The van der Waals surface area contributed by atoms with Crippen molar-refractivity contribution in [3.63, 3.8) is 0 Å². The van der Waals surface area contributed by atoms with E-state index in [-0.39, 0.29) is 9.79 Å². The first-order chi connectivity index (χ1) is 21.9. The van der Waals surface area contributed by atoms with Crippen LogP contribution in [0.3, 0.4) is 0 Å². The maximum absolute atomic E-state index is 11.9. The Labute approximate surface area is 269 Å². The lowest BCUT2D eigenvalue weighted by Gasteiger charge is -2.16. The average molecular weight is 653 g/mol. The van der Waals surface area contributed by atoms with Crippen LogP contribution in [0.5, 0.6) is 0 Å². The maximum Gasteiger partial charge on any atom is 0.295 e. The zero-order valence-corrected chi connectivity index (χ0v) is 26.7. The van der Waals surface area contributed by atoms with E-state index in [1.807, 2.05) is 111 Å². The molecule has 0 fully saturated rings. The summed E-state index contributed by atoms with van der Waals surface area (Å²) in [4.78, 5) is 8.23. The van der Waals surface area contributed by atoms with Gasteiger partial charge in [-0.15, -0.1) is 0 Å². The highest BCUT2D eigenvalue weighted by molar-refractivity contribution is 7.86. The van der Waals surface area contributed by atoms with Crippen LogP contribution in [0.1, 0.15) is 11.1 Å². The molecule has 0 aliphatic rings. The van der Waals surface area contributed by atoms with E-state index in [2.05, 4.69) is 9.97 Å². The molecule has 0 bridgehead atoms. The summed E-state index contributed by atoms with van der Waals surface area (Å²) in [6.45, 7) is 3.77. The third-order valence-corrected chi connectivity index (χ3v) is 8.45. The molecule has 0 saturated carbocycles. The van der Waals surface area contributed by atoms with Crippen molar-refractivity contribution in [2.75, 3.05) is 0 Å². The molecule has 0 amide bonds. The van der Waals surface area contributed by atoms with Crippen LogP contribution in [0.2, 0.25) is 0 Å².